The maximum absolute atomic E-state index is 2.47. The maximum Gasteiger partial charge on any atom is 0.0726 e. The first kappa shape index (κ1) is 21.5. The molecule has 1 unspecified atom stereocenters. The molecule has 0 aliphatic heterocycles. The predicted octanol–water partition coefficient (Wildman–Crippen LogP) is 10.4. The molecular weight excluding hydrogens is 488 g/mol. The Hall–Kier alpha value is -4.46. The number of aryl methyl sites for hydroxylation is 1. The second kappa shape index (κ2) is 7.56. The number of rotatable bonds is 1. The van der Waals surface area contributed by atoms with E-state index in [0.29, 0.717) is 0 Å². The van der Waals surface area contributed by atoms with Gasteiger partial charge in [0.25, 0.3) is 0 Å². The molecule has 2 aliphatic carbocycles. The lowest BCUT2D eigenvalue weighted by molar-refractivity contribution is 0.793. The van der Waals surface area contributed by atoms with Gasteiger partial charge in [0.15, 0.2) is 0 Å². The lowest BCUT2D eigenvalue weighted by Crippen LogP contribution is -2.26. The van der Waals surface area contributed by atoms with E-state index >= 15 is 0 Å². The van der Waals surface area contributed by atoms with E-state index in [1.165, 1.54) is 81.4 Å². The molecule has 1 spiro atoms. The fourth-order valence-electron chi connectivity index (χ4n) is 7.41. The summed E-state index contributed by atoms with van der Waals surface area (Å²) >= 11 is 1.91. The molecule has 9 rings (SSSR count). The lowest BCUT2D eigenvalue weighted by Gasteiger charge is -2.31. The van der Waals surface area contributed by atoms with Crippen molar-refractivity contribution in [3.63, 3.8) is 0 Å². The van der Waals surface area contributed by atoms with Gasteiger partial charge in [-0.05, 0) is 80.8 Å². The van der Waals surface area contributed by atoms with E-state index < -0.39 is 0 Å². The van der Waals surface area contributed by atoms with E-state index in [9.17, 15) is 0 Å². The molecule has 39 heavy (non-hydrogen) atoms. The van der Waals surface area contributed by atoms with Gasteiger partial charge in [0.1, 0.15) is 0 Å². The fraction of sp³-hybridized carbons (Fsp3) is 0.0526. The zero-order valence-corrected chi connectivity index (χ0v) is 22.3. The summed E-state index contributed by atoms with van der Waals surface area (Å²) in [6.07, 6.45) is 0. The molecule has 0 saturated heterocycles. The third-order valence-electron chi connectivity index (χ3n) is 8.95. The molecule has 7 aromatic rings. The molecular formula is C38H24S. The Morgan fingerprint density at radius 3 is 2.15 bits per heavy atom. The Bertz CT molecular complexity index is 2130. The van der Waals surface area contributed by atoms with Gasteiger partial charge in [0, 0.05) is 20.2 Å². The monoisotopic (exact) mass is 512 g/mol. The van der Waals surface area contributed by atoms with E-state index in [-0.39, 0.29) is 5.41 Å². The maximum atomic E-state index is 2.47. The molecule has 0 fully saturated rings. The van der Waals surface area contributed by atoms with Gasteiger partial charge in [0.2, 0.25) is 0 Å². The van der Waals surface area contributed by atoms with E-state index in [0.717, 1.165) is 0 Å². The van der Waals surface area contributed by atoms with Crippen LogP contribution in [0.3, 0.4) is 0 Å². The zero-order chi connectivity index (χ0) is 25.7. The van der Waals surface area contributed by atoms with Crippen LogP contribution in [0.1, 0.15) is 27.8 Å². The van der Waals surface area contributed by atoms with Crippen molar-refractivity contribution in [2.24, 2.45) is 0 Å². The first-order chi connectivity index (χ1) is 19.2. The molecule has 6 aromatic carbocycles. The van der Waals surface area contributed by atoms with Crippen molar-refractivity contribution < 1.29 is 0 Å². The van der Waals surface area contributed by atoms with Crippen LogP contribution in [0.25, 0.3) is 53.6 Å². The van der Waals surface area contributed by atoms with E-state index in [4.69, 9.17) is 0 Å². The van der Waals surface area contributed by atoms with Crippen molar-refractivity contribution in [1.29, 1.82) is 0 Å². The van der Waals surface area contributed by atoms with Crippen LogP contribution in [0.5, 0.6) is 0 Å². The van der Waals surface area contributed by atoms with Gasteiger partial charge in [-0.25, -0.2) is 0 Å². The van der Waals surface area contributed by atoms with Crippen LogP contribution < -0.4 is 0 Å². The van der Waals surface area contributed by atoms with Gasteiger partial charge in [-0.15, -0.1) is 11.3 Å². The predicted molar refractivity (Wildman–Crippen MR) is 166 cm³/mol. The third-order valence-corrected chi connectivity index (χ3v) is 10.1. The van der Waals surface area contributed by atoms with E-state index in [1.807, 2.05) is 11.3 Å². The lowest BCUT2D eigenvalue weighted by atomic mass is 9.70. The van der Waals surface area contributed by atoms with Crippen molar-refractivity contribution in [3.05, 3.63) is 155 Å². The van der Waals surface area contributed by atoms with Gasteiger partial charge in [-0.3, -0.25) is 0 Å². The van der Waals surface area contributed by atoms with Crippen molar-refractivity contribution in [2.75, 3.05) is 0 Å². The second-order valence-electron chi connectivity index (χ2n) is 10.9. The van der Waals surface area contributed by atoms with Crippen LogP contribution in [0.15, 0.2) is 127 Å². The van der Waals surface area contributed by atoms with Gasteiger partial charge in [-0.1, -0.05) is 115 Å². The van der Waals surface area contributed by atoms with Crippen LogP contribution in [-0.2, 0) is 5.41 Å². The average molecular weight is 513 g/mol. The largest absolute Gasteiger partial charge is 0.135 e. The summed E-state index contributed by atoms with van der Waals surface area (Å²) in [4.78, 5) is 0. The molecule has 0 nitrogen and oxygen atoms in total. The van der Waals surface area contributed by atoms with Crippen LogP contribution in [0.4, 0.5) is 0 Å². The van der Waals surface area contributed by atoms with Crippen LogP contribution >= 0.6 is 11.3 Å². The fourth-order valence-corrected chi connectivity index (χ4v) is 8.52. The molecule has 0 saturated carbocycles. The highest BCUT2D eigenvalue weighted by atomic mass is 32.1. The Morgan fingerprint density at radius 1 is 0.487 bits per heavy atom. The first-order valence-corrected chi connectivity index (χ1v) is 14.4. The number of hydrogen-bond acceptors (Lipinski definition) is 1. The van der Waals surface area contributed by atoms with Gasteiger partial charge in [-0.2, -0.15) is 0 Å². The minimum atomic E-state index is -0.343. The number of hydrogen-bond donors (Lipinski definition) is 0. The normalized spacial score (nSPS) is 16.4. The Morgan fingerprint density at radius 2 is 1.23 bits per heavy atom. The summed E-state index contributed by atoms with van der Waals surface area (Å²) in [6.45, 7) is 2.23. The SMILES string of the molecule is Cc1ccc2c(c1)C1(c3ccccc3-c3ccc(-c4ccccc4)cc31)c1ccc3sc4ccccc4c3c1-2. The Kier molecular flexibility index (Phi) is 4.16. The zero-order valence-electron chi connectivity index (χ0n) is 21.5. The minimum Gasteiger partial charge on any atom is -0.135 e. The molecule has 1 atom stereocenters. The van der Waals surface area contributed by atoms with Crippen molar-refractivity contribution >= 4 is 31.5 Å². The Balaban J connectivity index is 1.49. The molecule has 0 radical (unpaired) electrons. The molecule has 0 amide bonds. The summed E-state index contributed by atoms with van der Waals surface area (Å²) in [7, 11) is 0. The third kappa shape index (κ3) is 2.63. The average Bonchev–Trinajstić information content (AvgIpc) is 3.60. The molecule has 0 N–H and O–H groups in total. The highest BCUT2D eigenvalue weighted by Gasteiger charge is 2.52. The summed E-state index contributed by atoms with van der Waals surface area (Å²) in [5.74, 6) is 0. The summed E-state index contributed by atoms with van der Waals surface area (Å²) < 4.78 is 2.72. The smallest absolute Gasteiger partial charge is 0.0726 e. The van der Waals surface area contributed by atoms with Crippen LogP contribution in [-0.4, -0.2) is 0 Å². The number of fused-ring (bicyclic) bond motifs is 14. The molecule has 0 bridgehead atoms. The second-order valence-corrected chi connectivity index (χ2v) is 12.0. The van der Waals surface area contributed by atoms with Crippen molar-refractivity contribution in [2.45, 2.75) is 12.3 Å². The highest BCUT2D eigenvalue weighted by molar-refractivity contribution is 7.26. The standard InChI is InChI=1S/C38H24S/c1-23-15-17-28-32(21-23)38(31-19-20-35-37(36(28)31)29-12-6-8-14-34(29)39-35)30-13-7-5-11-26(30)27-18-16-25(22-33(27)38)24-9-3-2-4-10-24/h2-22H,1H3. The minimum absolute atomic E-state index is 0.343. The molecule has 1 aromatic heterocycles. The topological polar surface area (TPSA) is 0 Å². The molecule has 1 heteroatoms. The van der Waals surface area contributed by atoms with E-state index in [2.05, 4.69) is 134 Å². The van der Waals surface area contributed by atoms with Gasteiger partial charge in [0.05, 0.1) is 5.41 Å². The van der Waals surface area contributed by atoms with Crippen LogP contribution in [0.2, 0.25) is 0 Å². The summed E-state index contributed by atoms with van der Waals surface area (Å²) in [5.41, 5.74) is 14.6. The molecule has 2 aliphatic rings. The van der Waals surface area contributed by atoms with Crippen molar-refractivity contribution in [1.82, 2.24) is 0 Å². The molecule has 1 heterocycles. The Labute approximate surface area is 231 Å². The number of benzene rings is 6. The van der Waals surface area contributed by atoms with E-state index in [1.54, 1.807) is 0 Å². The van der Waals surface area contributed by atoms with Gasteiger partial charge >= 0.3 is 0 Å². The molecule has 182 valence electrons. The highest BCUT2D eigenvalue weighted by Crippen LogP contribution is 2.64. The summed E-state index contributed by atoms with van der Waals surface area (Å²) in [6, 6.07) is 47.9. The summed E-state index contributed by atoms with van der Waals surface area (Å²) in [5, 5.41) is 2.77. The number of thiophene rings is 1. The van der Waals surface area contributed by atoms with Crippen molar-refractivity contribution in [3.8, 4) is 33.4 Å². The first-order valence-electron chi connectivity index (χ1n) is 13.6. The van der Waals surface area contributed by atoms with Gasteiger partial charge < -0.3 is 0 Å². The quantitative estimate of drug-likeness (QED) is 0.205. The van der Waals surface area contributed by atoms with Crippen LogP contribution in [0, 0.1) is 6.92 Å².